The minimum absolute atomic E-state index is 0.0868. The largest absolute Gasteiger partial charge is 0.389 e. The Morgan fingerprint density at radius 2 is 1.00 bits per heavy atom. The van der Waals surface area contributed by atoms with Crippen LogP contribution in [0.25, 0.3) is 0 Å². The zero-order valence-corrected chi connectivity index (χ0v) is 30.4. The molecule has 5 atom stereocenters. The van der Waals surface area contributed by atoms with Gasteiger partial charge in [-0.3, -0.25) is 0 Å². The van der Waals surface area contributed by atoms with Crippen molar-refractivity contribution in [2.24, 2.45) is 5.41 Å². The maximum atomic E-state index is 9.66. The van der Waals surface area contributed by atoms with Crippen LogP contribution in [0.4, 0.5) is 0 Å². The summed E-state index contributed by atoms with van der Waals surface area (Å²) in [4.78, 5) is 2.01. The van der Waals surface area contributed by atoms with Gasteiger partial charge >= 0.3 is 0 Å². The topological polar surface area (TPSA) is 247 Å². The fourth-order valence-electron chi connectivity index (χ4n) is 4.55. The van der Waals surface area contributed by atoms with Crippen LogP contribution in [0.2, 0.25) is 0 Å². The van der Waals surface area contributed by atoms with E-state index in [2.05, 4.69) is 17.5 Å². The van der Waals surface area contributed by atoms with E-state index in [1.54, 1.807) is 0 Å². The molecule has 4 aliphatic rings. The molecule has 0 aromatic rings. The molecule has 17 heteroatoms. The van der Waals surface area contributed by atoms with Gasteiger partial charge < -0.3 is 63.1 Å². The highest BCUT2D eigenvalue weighted by Gasteiger charge is 2.37. The van der Waals surface area contributed by atoms with Crippen LogP contribution in [0.3, 0.4) is 0 Å². The predicted octanol–water partition coefficient (Wildman–Crippen LogP) is 0.261. The molecule has 4 aliphatic heterocycles. The Bertz CT molecular complexity index is 952. The molecule has 0 radical (unpaired) electrons. The molecule has 4 fully saturated rings. The van der Waals surface area contributed by atoms with E-state index in [0.29, 0.717) is 98.2 Å². The Labute approximate surface area is 308 Å². The predicted molar refractivity (Wildman–Crippen MR) is 183 cm³/mol. The molecule has 0 aromatic carbocycles. The van der Waals surface area contributed by atoms with Crippen LogP contribution in [0, 0.1) is 50.7 Å². The molecular weight excluding hydrogens is 680 g/mol. The summed E-state index contributed by atoms with van der Waals surface area (Å²) in [7, 11) is 0. The SMILES string of the molecule is C(OCC(COCC1CO1)(COCC1CO1)COCC1CO1)C1CO1.N#CCCCN(CCCC#N)CC(O)COCO.N#CCCNCCC#N. The lowest BCUT2D eigenvalue weighted by Gasteiger charge is -2.32. The van der Waals surface area contributed by atoms with Crippen LogP contribution in [-0.2, 0) is 42.6 Å². The molecular formula is C35H58N6O11. The highest BCUT2D eigenvalue weighted by Crippen LogP contribution is 2.24. The molecule has 4 rings (SSSR count). The van der Waals surface area contributed by atoms with Crippen molar-refractivity contribution in [1.29, 1.82) is 21.0 Å². The lowest BCUT2D eigenvalue weighted by molar-refractivity contribution is -0.111. The van der Waals surface area contributed by atoms with E-state index >= 15 is 0 Å². The fourth-order valence-corrected chi connectivity index (χ4v) is 4.55. The third kappa shape index (κ3) is 27.1. The first kappa shape index (κ1) is 45.6. The molecule has 0 amide bonds. The molecule has 5 unspecified atom stereocenters. The monoisotopic (exact) mass is 738 g/mol. The number of nitrogens with one attached hydrogen (secondary N) is 1. The summed E-state index contributed by atoms with van der Waals surface area (Å²) < 4.78 is 49.1. The first-order valence-corrected chi connectivity index (χ1v) is 18.0. The highest BCUT2D eigenvalue weighted by molar-refractivity contribution is 4.83. The summed E-state index contributed by atoms with van der Waals surface area (Å²) in [5.41, 5.74) is -0.354. The van der Waals surface area contributed by atoms with Crippen LogP contribution in [0.5, 0.6) is 0 Å². The van der Waals surface area contributed by atoms with Gasteiger partial charge in [-0.2, -0.15) is 21.0 Å². The second kappa shape index (κ2) is 29.8. The number of rotatable bonds is 31. The second-order valence-electron chi connectivity index (χ2n) is 12.9. The average Bonchev–Trinajstić information content (AvgIpc) is 3.92. The van der Waals surface area contributed by atoms with Gasteiger partial charge in [0.15, 0.2) is 0 Å². The molecule has 0 aromatic heterocycles. The summed E-state index contributed by atoms with van der Waals surface area (Å²) in [6.07, 6.45) is 3.78. The van der Waals surface area contributed by atoms with E-state index in [0.717, 1.165) is 52.4 Å². The average molecular weight is 739 g/mol. The summed E-state index contributed by atoms with van der Waals surface area (Å²) >= 11 is 0. The minimum atomic E-state index is -0.665. The standard InChI is InChI=1S/C17H28O8.C12H21N3O3.C6H9N3/c1(13-5-22-13)18-9-17(10-19-2-14-6-23-14,11-20-3-15-7-24-15)12-21-4-16-8-25-16;13-5-1-3-7-15(8-4-2-6-14)9-12(17)10-18-11-16;7-3-1-5-9-6-2-4-8/h13-16H,1-12H2;12,16-17H,1-4,7-11H2;9H,1-2,5-6H2. The van der Waals surface area contributed by atoms with Crippen LogP contribution in [-0.4, -0.2) is 171 Å². The number of hydrogen-bond donors (Lipinski definition) is 3. The fraction of sp³-hybridized carbons (Fsp3) is 0.886. The van der Waals surface area contributed by atoms with Crippen molar-refractivity contribution >= 4 is 0 Å². The van der Waals surface area contributed by atoms with Crippen molar-refractivity contribution < 1.29 is 52.8 Å². The van der Waals surface area contributed by atoms with Crippen LogP contribution in [0.1, 0.15) is 38.5 Å². The van der Waals surface area contributed by atoms with Crippen molar-refractivity contribution in [3.63, 3.8) is 0 Å². The summed E-state index contributed by atoms with van der Waals surface area (Å²) in [6.45, 7) is 10.5. The number of aliphatic hydroxyl groups is 2. The zero-order chi connectivity index (χ0) is 37.5. The Morgan fingerprint density at radius 1 is 0.635 bits per heavy atom. The molecule has 52 heavy (non-hydrogen) atoms. The third-order valence-electron chi connectivity index (χ3n) is 7.68. The van der Waals surface area contributed by atoms with Crippen molar-refractivity contribution in [3.05, 3.63) is 0 Å². The summed E-state index contributed by atoms with van der Waals surface area (Å²) in [5, 5.41) is 54.2. The smallest absolute Gasteiger partial charge is 0.143 e. The summed E-state index contributed by atoms with van der Waals surface area (Å²) in [6, 6.07) is 8.16. The Balaban J connectivity index is 0.000000304. The molecule has 3 N–H and O–H groups in total. The van der Waals surface area contributed by atoms with Crippen molar-refractivity contribution in [3.8, 4) is 24.3 Å². The lowest BCUT2D eigenvalue weighted by atomic mass is 9.92. The molecule has 0 bridgehead atoms. The van der Waals surface area contributed by atoms with Crippen LogP contribution < -0.4 is 5.32 Å². The van der Waals surface area contributed by atoms with Crippen molar-refractivity contribution in [1.82, 2.24) is 10.2 Å². The van der Waals surface area contributed by atoms with Gasteiger partial charge in [0.2, 0.25) is 0 Å². The highest BCUT2D eigenvalue weighted by atomic mass is 16.6. The summed E-state index contributed by atoms with van der Waals surface area (Å²) in [5.74, 6) is 0. The maximum absolute atomic E-state index is 9.66. The van der Waals surface area contributed by atoms with Gasteiger partial charge in [0.25, 0.3) is 0 Å². The van der Waals surface area contributed by atoms with Gasteiger partial charge in [0.1, 0.15) is 31.2 Å². The van der Waals surface area contributed by atoms with Gasteiger partial charge in [0, 0.05) is 45.3 Å². The molecule has 4 heterocycles. The minimum Gasteiger partial charge on any atom is -0.389 e. The van der Waals surface area contributed by atoms with Gasteiger partial charge in [-0.1, -0.05) is 0 Å². The molecule has 0 aliphatic carbocycles. The van der Waals surface area contributed by atoms with E-state index in [9.17, 15) is 5.11 Å². The van der Waals surface area contributed by atoms with Gasteiger partial charge in [-0.15, -0.1) is 0 Å². The number of nitriles is 4. The Morgan fingerprint density at radius 3 is 1.31 bits per heavy atom. The van der Waals surface area contributed by atoms with Gasteiger partial charge in [0.05, 0.1) is 122 Å². The zero-order valence-electron chi connectivity index (χ0n) is 30.4. The number of hydrogen-bond acceptors (Lipinski definition) is 17. The molecule has 17 nitrogen and oxygen atoms in total. The van der Waals surface area contributed by atoms with E-state index < -0.39 is 12.9 Å². The second-order valence-corrected chi connectivity index (χ2v) is 12.9. The molecule has 294 valence electrons. The van der Waals surface area contributed by atoms with Gasteiger partial charge in [-0.05, 0) is 25.9 Å². The number of epoxide rings is 4. The van der Waals surface area contributed by atoms with Crippen molar-refractivity contribution in [2.45, 2.75) is 69.0 Å². The van der Waals surface area contributed by atoms with E-state index in [1.165, 1.54) is 0 Å². The van der Waals surface area contributed by atoms with E-state index in [4.69, 9.17) is 68.8 Å². The molecule has 0 saturated carbocycles. The Hall–Kier alpha value is -2.56. The van der Waals surface area contributed by atoms with Crippen molar-refractivity contribution in [2.75, 3.05) is 125 Å². The molecule has 4 saturated heterocycles. The maximum Gasteiger partial charge on any atom is 0.143 e. The number of unbranched alkanes of at least 4 members (excludes halogenated alkanes) is 2. The number of aliphatic hydroxyl groups excluding tert-OH is 2. The normalized spacial score (nSPS) is 22.1. The number of nitrogens with zero attached hydrogens (tertiary/aromatic N) is 5. The first-order chi connectivity index (χ1) is 25.5. The third-order valence-corrected chi connectivity index (χ3v) is 7.68. The first-order valence-electron chi connectivity index (χ1n) is 18.0. The number of ether oxygens (including phenoxy) is 9. The Kier molecular flexibility index (Phi) is 26.2. The van der Waals surface area contributed by atoms with E-state index in [-0.39, 0.29) is 36.4 Å². The van der Waals surface area contributed by atoms with Crippen LogP contribution in [0.15, 0.2) is 0 Å². The lowest BCUT2D eigenvalue weighted by Crippen LogP contribution is -2.43. The van der Waals surface area contributed by atoms with Crippen LogP contribution >= 0.6 is 0 Å². The van der Waals surface area contributed by atoms with Gasteiger partial charge in [-0.25, -0.2) is 0 Å². The van der Waals surface area contributed by atoms with E-state index in [1.807, 2.05) is 17.0 Å². The molecule has 0 spiro atoms. The quantitative estimate of drug-likeness (QED) is 0.0490.